The first kappa shape index (κ1) is 21.7. The molecule has 2 N–H and O–H groups in total. The maximum Gasteiger partial charge on any atom is 0.121 e. The number of hydrogen-bond donors (Lipinski definition) is 1. The Morgan fingerprint density at radius 3 is 2.12 bits per heavy atom. The summed E-state index contributed by atoms with van der Waals surface area (Å²) in [7, 11) is 0. The van der Waals surface area contributed by atoms with Crippen LogP contribution in [0.25, 0.3) is 32.2 Å². The summed E-state index contributed by atoms with van der Waals surface area (Å²) in [6.45, 7) is 1.33. The molecule has 1 atom stereocenters. The van der Waals surface area contributed by atoms with Gasteiger partial charge in [-0.05, 0) is 40.6 Å². The van der Waals surface area contributed by atoms with Crippen LogP contribution in [0.3, 0.4) is 0 Å². The highest BCUT2D eigenvalue weighted by atomic mass is 32.1. The molecule has 0 amide bonds. The molecular weight excluding hydrogens is 450 g/mol. The van der Waals surface area contributed by atoms with Crippen molar-refractivity contribution < 1.29 is 9.47 Å². The number of benzene rings is 2. The van der Waals surface area contributed by atoms with Crippen molar-refractivity contribution in [1.29, 1.82) is 0 Å². The van der Waals surface area contributed by atoms with E-state index in [1.807, 2.05) is 60.7 Å². The predicted molar refractivity (Wildman–Crippen MR) is 136 cm³/mol. The summed E-state index contributed by atoms with van der Waals surface area (Å²) in [5.41, 5.74) is 10.7. The van der Waals surface area contributed by atoms with Crippen LogP contribution < -0.4 is 10.5 Å². The van der Waals surface area contributed by atoms with E-state index in [0.29, 0.717) is 19.8 Å². The lowest BCUT2D eigenvalue weighted by Gasteiger charge is -2.14. The van der Waals surface area contributed by atoms with E-state index >= 15 is 0 Å². The average Bonchev–Trinajstić information content (AvgIpc) is 3.57. The van der Waals surface area contributed by atoms with Crippen molar-refractivity contribution in [3.05, 3.63) is 89.1 Å². The van der Waals surface area contributed by atoms with Crippen LogP contribution >= 0.6 is 22.7 Å². The third kappa shape index (κ3) is 5.29. The second kappa shape index (κ2) is 10.2. The quantitative estimate of drug-likeness (QED) is 0.284. The lowest BCUT2D eigenvalue weighted by Crippen LogP contribution is -2.32. The highest BCUT2D eigenvalue weighted by Crippen LogP contribution is 2.35. The van der Waals surface area contributed by atoms with Crippen LogP contribution in [0.4, 0.5) is 0 Å². The molecular formula is C26H23N3O2S2. The number of nitrogens with zero attached hydrogens (tertiary/aromatic N) is 2. The Kier molecular flexibility index (Phi) is 6.73. The first-order chi connectivity index (χ1) is 16.3. The van der Waals surface area contributed by atoms with Crippen LogP contribution in [-0.2, 0) is 11.3 Å². The minimum Gasteiger partial charge on any atom is -0.492 e. The molecule has 33 heavy (non-hydrogen) atoms. The Hall–Kier alpha value is -3.10. The number of aromatic nitrogens is 2. The van der Waals surface area contributed by atoms with Gasteiger partial charge in [0.05, 0.1) is 40.0 Å². The molecule has 3 heterocycles. The van der Waals surface area contributed by atoms with E-state index in [4.69, 9.17) is 25.2 Å². The van der Waals surface area contributed by atoms with Gasteiger partial charge >= 0.3 is 0 Å². The van der Waals surface area contributed by atoms with Crippen LogP contribution in [0.1, 0.15) is 5.56 Å². The van der Waals surface area contributed by atoms with Crippen molar-refractivity contribution >= 4 is 33.7 Å². The molecule has 0 radical (unpaired) electrons. The minimum atomic E-state index is -0.224. The monoisotopic (exact) mass is 473 g/mol. The van der Waals surface area contributed by atoms with Gasteiger partial charge in [0.2, 0.25) is 0 Å². The van der Waals surface area contributed by atoms with Gasteiger partial charge in [-0.2, -0.15) is 0 Å². The highest BCUT2D eigenvalue weighted by Gasteiger charge is 2.15. The van der Waals surface area contributed by atoms with Gasteiger partial charge in [-0.3, -0.25) is 0 Å². The van der Waals surface area contributed by atoms with E-state index in [-0.39, 0.29) is 6.04 Å². The summed E-state index contributed by atoms with van der Waals surface area (Å²) < 4.78 is 11.7. The van der Waals surface area contributed by atoms with Gasteiger partial charge in [0.15, 0.2) is 0 Å². The van der Waals surface area contributed by atoms with Gasteiger partial charge in [0.25, 0.3) is 0 Å². The van der Waals surface area contributed by atoms with Crippen molar-refractivity contribution in [2.75, 3.05) is 13.2 Å². The van der Waals surface area contributed by atoms with Crippen LogP contribution in [-0.4, -0.2) is 29.2 Å². The molecule has 0 unspecified atom stereocenters. The fourth-order valence-corrected chi connectivity index (χ4v) is 4.88. The number of thiophene rings is 2. The number of nitrogens with two attached hydrogens (primary N) is 1. The molecule has 0 saturated carbocycles. The molecule has 0 aliphatic heterocycles. The average molecular weight is 474 g/mol. The minimum absolute atomic E-state index is 0.224. The summed E-state index contributed by atoms with van der Waals surface area (Å²) in [5.74, 6) is 0.719. The van der Waals surface area contributed by atoms with E-state index in [1.165, 1.54) is 0 Å². The third-order valence-electron chi connectivity index (χ3n) is 5.05. The largest absolute Gasteiger partial charge is 0.492 e. The van der Waals surface area contributed by atoms with E-state index in [9.17, 15) is 0 Å². The molecule has 3 aromatic heterocycles. The first-order valence-corrected chi connectivity index (χ1v) is 12.4. The summed E-state index contributed by atoms with van der Waals surface area (Å²) in [4.78, 5) is 12.1. The van der Waals surface area contributed by atoms with E-state index in [2.05, 4.69) is 22.9 Å². The summed E-state index contributed by atoms with van der Waals surface area (Å²) >= 11 is 3.33. The molecule has 0 bridgehead atoms. The summed E-state index contributed by atoms with van der Waals surface area (Å²) in [6, 6.07) is 23.8. The highest BCUT2D eigenvalue weighted by molar-refractivity contribution is 7.14. The van der Waals surface area contributed by atoms with Crippen LogP contribution in [0.2, 0.25) is 0 Å². The SMILES string of the molecule is N[C@@H](COCc1ccccc1)COc1ccc2nc(-c3cccs3)c(-c3cccs3)nc2c1. The van der Waals surface area contributed by atoms with Crippen molar-refractivity contribution in [3.63, 3.8) is 0 Å². The van der Waals surface area contributed by atoms with Crippen LogP contribution in [0.5, 0.6) is 5.75 Å². The summed E-state index contributed by atoms with van der Waals surface area (Å²) in [5, 5.41) is 4.11. The second-order valence-corrected chi connectivity index (χ2v) is 9.49. The molecule has 2 aromatic carbocycles. The van der Waals surface area contributed by atoms with Gasteiger partial charge in [0, 0.05) is 6.07 Å². The van der Waals surface area contributed by atoms with E-state index < -0.39 is 0 Å². The molecule has 0 saturated heterocycles. The number of hydrogen-bond acceptors (Lipinski definition) is 7. The fourth-order valence-electron chi connectivity index (χ4n) is 3.45. The lowest BCUT2D eigenvalue weighted by atomic mass is 10.2. The zero-order valence-electron chi connectivity index (χ0n) is 17.9. The van der Waals surface area contributed by atoms with Crippen molar-refractivity contribution in [2.45, 2.75) is 12.6 Å². The lowest BCUT2D eigenvalue weighted by molar-refractivity contribution is 0.0936. The third-order valence-corrected chi connectivity index (χ3v) is 6.81. The van der Waals surface area contributed by atoms with Crippen LogP contribution in [0.15, 0.2) is 83.6 Å². The van der Waals surface area contributed by atoms with Gasteiger partial charge in [-0.25, -0.2) is 9.97 Å². The molecule has 7 heteroatoms. The second-order valence-electron chi connectivity index (χ2n) is 7.60. The fraction of sp³-hybridized carbons (Fsp3) is 0.154. The van der Waals surface area contributed by atoms with Gasteiger partial charge < -0.3 is 15.2 Å². The Labute approximate surface area is 200 Å². The number of fused-ring (bicyclic) bond motifs is 1. The van der Waals surface area contributed by atoms with Crippen molar-refractivity contribution in [3.8, 4) is 26.9 Å². The molecule has 0 aliphatic carbocycles. The number of rotatable bonds is 9. The molecule has 166 valence electrons. The van der Waals surface area contributed by atoms with Gasteiger partial charge in [-0.15, -0.1) is 22.7 Å². The van der Waals surface area contributed by atoms with Crippen molar-refractivity contribution in [1.82, 2.24) is 9.97 Å². The zero-order valence-corrected chi connectivity index (χ0v) is 19.5. The zero-order chi connectivity index (χ0) is 22.5. The Morgan fingerprint density at radius 2 is 1.45 bits per heavy atom. The smallest absolute Gasteiger partial charge is 0.121 e. The topological polar surface area (TPSA) is 70.3 Å². The van der Waals surface area contributed by atoms with E-state index in [0.717, 1.165) is 43.5 Å². The maximum atomic E-state index is 6.19. The molecule has 5 rings (SSSR count). The normalized spacial score (nSPS) is 12.2. The molecule has 0 aliphatic rings. The van der Waals surface area contributed by atoms with Gasteiger partial charge in [-0.1, -0.05) is 42.5 Å². The molecule has 0 fully saturated rings. The molecule has 0 spiro atoms. The maximum absolute atomic E-state index is 6.19. The Balaban J connectivity index is 1.29. The van der Waals surface area contributed by atoms with E-state index in [1.54, 1.807) is 22.7 Å². The molecule has 5 nitrogen and oxygen atoms in total. The van der Waals surface area contributed by atoms with Crippen LogP contribution in [0, 0.1) is 0 Å². The number of ether oxygens (including phenoxy) is 2. The first-order valence-electron chi connectivity index (χ1n) is 10.7. The van der Waals surface area contributed by atoms with Gasteiger partial charge in [0.1, 0.15) is 23.7 Å². The Morgan fingerprint density at radius 1 is 0.758 bits per heavy atom. The Bertz CT molecular complexity index is 1310. The standard InChI is InChI=1S/C26H23N3O2S2/c27-19(16-30-15-18-6-2-1-3-7-18)17-31-20-10-11-21-22(14-20)29-26(24-9-5-13-33-24)25(28-21)23-8-4-12-32-23/h1-14,19H,15-17,27H2/t19-/m0/s1. The summed E-state index contributed by atoms with van der Waals surface area (Å²) in [6.07, 6.45) is 0. The predicted octanol–water partition coefficient (Wildman–Crippen LogP) is 6.01. The molecule has 5 aromatic rings. The van der Waals surface area contributed by atoms with Crippen molar-refractivity contribution in [2.24, 2.45) is 5.73 Å².